The summed E-state index contributed by atoms with van der Waals surface area (Å²) in [4.78, 5) is 22.9. The van der Waals surface area contributed by atoms with E-state index >= 15 is 0 Å². The highest BCUT2D eigenvalue weighted by Crippen LogP contribution is 2.24. The van der Waals surface area contributed by atoms with Crippen molar-refractivity contribution in [2.45, 2.75) is 44.4 Å². The number of carbonyl (C=O) groups excluding carboxylic acids is 1. The van der Waals surface area contributed by atoms with Crippen molar-refractivity contribution < 1.29 is 28.2 Å². The second kappa shape index (κ2) is 6.83. The first-order valence-electron chi connectivity index (χ1n) is 7.06. The Morgan fingerprint density at radius 1 is 1.36 bits per heavy atom. The SMILES string of the molecule is CCC(NC(=O)[C@@H]1CC[C@H](C(=O)O)O1)c1ccc(F)cc1F. The monoisotopic (exact) mass is 313 g/mol. The maximum absolute atomic E-state index is 13.8. The van der Waals surface area contributed by atoms with Crippen molar-refractivity contribution in [2.24, 2.45) is 0 Å². The minimum absolute atomic E-state index is 0.185. The lowest BCUT2D eigenvalue weighted by Crippen LogP contribution is -2.38. The predicted octanol–water partition coefficient (Wildman–Crippen LogP) is 2.16. The summed E-state index contributed by atoms with van der Waals surface area (Å²) in [6.45, 7) is 1.75. The van der Waals surface area contributed by atoms with Crippen LogP contribution in [0.5, 0.6) is 0 Å². The van der Waals surface area contributed by atoms with Crippen LogP contribution < -0.4 is 5.32 Å². The third kappa shape index (κ3) is 3.59. The normalized spacial score (nSPS) is 22.3. The van der Waals surface area contributed by atoms with Gasteiger partial charge in [-0.2, -0.15) is 0 Å². The highest BCUT2D eigenvalue weighted by atomic mass is 19.1. The lowest BCUT2D eigenvalue weighted by molar-refractivity contribution is -0.151. The van der Waals surface area contributed by atoms with Gasteiger partial charge in [0.05, 0.1) is 6.04 Å². The molecule has 0 aromatic heterocycles. The van der Waals surface area contributed by atoms with Gasteiger partial charge in [-0.05, 0) is 25.3 Å². The molecule has 0 saturated carbocycles. The molecule has 0 bridgehead atoms. The van der Waals surface area contributed by atoms with Crippen molar-refractivity contribution in [1.82, 2.24) is 5.32 Å². The molecule has 1 aliphatic heterocycles. The number of aliphatic carboxylic acids is 1. The van der Waals surface area contributed by atoms with Crippen molar-refractivity contribution in [3.63, 3.8) is 0 Å². The summed E-state index contributed by atoms with van der Waals surface area (Å²) in [5.41, 5.74) is 0.185. The molecular weight excluding hydrogens is 296 g/mol. The number of benzene rings is 1. The molecule has 1 amide bonds. The maximum Gasteiger partial charge on any atom is 0.332 e. The summed E-state index contributed by atoms with van der Waals surface area (Å²) < 4.78 is 31.9. The zero-order valence-electron chi connectivity index (χ0n) is 12.0. The van der Waals surface area contributed by atoms with Crippen LogP contribution in [0.3, 0.4) is 0 Å². The first kappa shape index (κ1) is 16.4. The highest BCUT2D eigenvalue weighted by Gasteiger charge is 2.35. The number of ether oxygens (including phenoxy) is 1. The van der Waals surface area contributed by atoms with Gasteiger partial charge in [0, 0.05) is 11.6 Å². The zero-order valence-corrected chi connectivity index (χ0v) is 12.0. The van der Waals surface area contributed by atoms with Crippen molar-refractivity contribution in [3.05, 3.63) is 35.4 Å². The van der Waals surface area contributed by atoms with Crippen LogP contribution in [0.1, 0.15) is 37.8 Å². The predicted molar refractivity (Wildman–Crippen MR) is 73.1 cm³/mol. The van der Waals surface area contributed by atoms with Gasteiger partial charge < -0.3 is 15.2 Å². The standard InChI is InChI=1S/C15H17F2NO4/c1-2-11(9-4-3-8(16)7-10(9)17)18-14(19)12-5-6-13(22-12)15(20)21/h3-4,7,11-13H,2,5-6H2,1H3,(H,18,19)(H,20,21)/t11?,12-,13+/m0/s1. The number of carbonyl (C=O) groups is 2. The third-order valence-corrected chi connectivity index (χ3v) is 3.65. The van der Waals surface area contributed by atoms with Crippen LogP contribution >= 0.6 is 0 Å². The number of carboxylic acids is 1. The number of carboxylic acid groups (broad SMARTS) is 1. The van der Waals surface area contributed by atoms with Crippen LogP contribution in [0.2, 0.25) is 0 Å². The molecule has 22 heavy (non-hydrogen) atoms. The summed E-state index contributed by atoms with van der Waals surface area (Å²) in [5.74, 6) is -3.01. The molecule has 120 valence electrons. The molecule has 1 saturated heterocycles. The van der Waals surface area contributed by atoms with E-state index in [1.165, 1.54) is 6.07 Å². The van der Waals surface area contributed by atoms with Crippen LogP contribution in [-0.2, 0) is 14.3 Å². The largest absolute Gasteiger partial charge is 0.479 e. The molecule has 1 heterocycles. The summed E-state index contributed by atoms with van der Waals surface area (Å²) >= 11 is 0. The van der Waals surface area contributed by atoms with E-state index < -0.39 is 41.8 Å². The Morgan fingerprint density at radius 3 is 2.59 bits per heavy atom. The fraction of sp³-hybridized carbons (Fsp3) is 0.467. The molecule has 3 atom stereocenters. The Morgan fingerprint density at radius 2 is 2.05 bits per heavy atom. The summed E-state index contributed by atoms with van der Waals surface area (Å²) in [5, 5.41) is 11.5. The van der Waals surface area contributed by atoms with Gasteiger partial charge in [-0.1, -0.05) is 13.0 Å². The third-order valence-electron chi connectivity index (χ3n) is 3.65. The van der Waals surface area contributed by atoms with E-state index in [0.717, 1.165) is 12.1 Å². The summed E-state index contributed by atoms with van der Waals surface area (Å²) in [6, 6.07) is 2.55. The molecule has 1 aromatic rings. The first-order valence-corrected chi connectivity index (χ1v) is 7.06. The molecule has 0 aliphatic carbocycles. The van der Waals surface area contributed by atoms with Gasteiger partial charge in [0.2, 0.25) is 5.91 Å². The Bertz CT molecular complexity index is 579. The van der Waals surface area contributed by atoms with E-state index in [1.54, 1.807) is 6.92 Å². The molecule has 5 nitrogen and oxygen atoms in total. The number of rotatable bonds is 5. The molecule has 1 fully saturated rings. The van der Waals surface area contributed by atoms with E-state index in [2.05, 4.69) is 5.32 Å². The Labute approximate surface area is 126 Å². The second-order valence-electron chi connectivity index (χ2n) is 5.16. The van der Waals surface area contributed by atoms with Crippen LogP contribution in [0.15, 0.2) is 18.2 Å². The first-order chi connectivity index (χ1) is 10.4. The fourth-order valence-corrected chi connectivity index (χ4v) is 2.46. The molecule has 1 aromatic carbocycles. The van der Waals surface area contributed by atoms with Gasteiger partial charge in [-0.25, -0.2) is 13.6 Å². The molecule has 2 rings (SSSR count). The molecule has 0 spiro atoms. The van der Waals surface area contributed by atoms with E-state index in [-0.39, 0.29) is 12.0 Å². The Hall–Kier alpha value is -2.02. The number of hydrogen-bond donors (Lipinski definition) is 2. The average molecular weight is 313 g/mol. The molecule has 2 N–H and O–H groups in total. The number of hydrogen-bond acceptors (Lipinski definition) is 3. The lowest BCUT2D eigenvalue weighted by Gasteiger charge is -2.20. The quantitative estimate of drug-likeness (QED) is 0.873. The van der Waals surface area contributed by atoms with Gasteiger partial charge >= 0.3 is 5.97 Å². The number of nitrogens with one attached hydrogen (secondary N) is 1. The second-order valence-corrected chi connectivity index (χ2v) is 5.16. The van der Waals surface area contributed by atoms with Crippen molar-refractivity contribution in [2.75, 3.05) is 0 Å². The van der Waals surface area contributed by atoms with E-state index in [0.29, 0.717) is 12.8 Å². The van der Waals surface area contributed by atoms with Crippen LogP contribution in [0.4, 0.5) is 8.78 Å². The van der Waals surface area contributed by atoms with Crippen LogP contribution in [0.25, 0.3) is 0 Å². The molecule has 7 heteroatoms. The zero-order chi connectivity index (χ0) is 16.3. The van der Waals surface area contributed by atoms with Crippen molar-refractivity contribution in [1.29, 1.82) is 0 Å². The fourth-order valence-electron chi connectivity index (χ4n) is 2.46. The maximum atomic E-state index is 13.8. The number of amides is 1. The van der Waals surface area contributed by atoms with Gasteiger partial charge in [0.15, 0.2) is 6.10 Å². The molecule has 1 unspecified atom stereocenters. The van der Waals surface area contributed by atoms with Crippen LogP contribution in [-0.4, -0.2) is 29.2 Å². The van der Waals surface area contributed by atoms with E-state index in [1.807, 2.05) is 0 Å². The van der Waals surface area contributed by atoms with E-state index in [9.17, 15) is 18.4 Å². The summed E-state index contributed by atoms with van der Waals surface area (Å²) in [7, 11) is 0. The summed E-state index contributed by atoms with van der Waals surface area (Å²) in [6.07, 6.45) is -0.888. The smallest absolute Gasteiger partial charge is 0.332 e. The van der Waals surface area contributed by atoms with Crippen molar-refractivity contribution >= 4 is 11.9 Å². The van der Waals surface area contributed by atoms with Crippen LogP contribution in [0, 0.1) is 11.6 Å². The Balaban J connectivity index is 2.04. The van der Waals surface area contributed by atoms with E-state index in [4.69, 9.17) is 9.84 Å². The van der Waals surface area contributed by atoms with Gasteiger partial charge in [0.25, 0.3) is 0 Å². The number of halogens is 2. The minimum Gasteiger partial charge on any atom is -0.479 e. The molecule has 1 aliphatic rings. The minimum atomic E-state index is -1.10. The lowest BCUT2D eigenvalue weighted by atomic mass is 10.0. The van der Waals surface area contributed by atoms with Gasteiger partial charge in [0.1, 0.15) is 17.7 Å². The average Bonchev–Trinajstić information content (AvgIpc) is 2.95. The highest BCUT2D eigenvalue weighted by molar-refractivity contribution is 5.83. The van der Waals surface area contributed by atoms with Gasteiger partial charge in [-0.15, -0.1) is 0 Å². The topological polar surface area (TPSA) is 75.6 Å². The van der Waals surface area contributed by atoms with Gasteiger partial charge in [-0.3, -0.25) is 4.79 Å². The Kier molecular flexibility index (Phi) is 5.07. The van der Waals surface area contributed by atoms with Crippen molar-refractivity contribution in [3.8, 4) is 0 Å². The molecule has 0 radical (unpaired) electrons. The molecular formula is C15H17F2NO4.